The standard InChI is InChI=1S/C20H13Cl2FN3S.ClH/c21-16-7-4-8-17(22)18(16)19-26(15-11-9-13(23)10-12-15)25-20(27-19)24-14-5-2-1-3-6-14;/h1-12H,(H,24,25);1H/q+1;/p-1. The Bertz CT molecular complexity index is 1070. The smallest absolute Gasteiger partial charge is 0.307 e. The number of hydrogen-bond acceptors (Lipinski definition) is 3. The van der Waals surface area contributed by atoms with E-state index in [4.69, 9.17) is 23.2 Å². The summed E-state index contributed by atoms with van der Waals surface area (Å²) in [7, 11) is 0. The van der Waals surface area contributed by atoms with Gasteiger partial charge in [0.2, 0.25) is 5.69 Å². The van der Waals surface area contributed by atoms with Crippen LogP contribution in [0.15, 0.2) is 72.8 Å². The van der Waals surface area contributed by atoms with Gasteiger partial charge in [0.25, 0.3) is 5.13 Å². The first-order valence-electron chi connectivity index (χ1n) is 8.07. The fourth-order valence-electron chi connectivity index (χ4n) is 2.60. The van der Waals surface area contributed by atoms with E-state index < -0.39 is 0 Å². The summed E-state index contributed by atoms with van der Waals surface area (Å²) in [6, 6.07) is 21.2. The van der Waals surface area contributed by atoms with Gasteiger partial charge in [-0.25, -0.2) is 4.39 Å². The number of anilines is 2. The van der Waals surface area contributed by atoms with Crippen molar-refractivity contribution in [2.75, 3.05) is 5.32 Å². The quantitative estimate of drug-likeness (QED) is 0.482. The zero-order valence-corrected chi connectivity index (χ0v) is 17.3. The first-order chi connectivity index (χ1) is 13.1. The molecule has 1 N–H and O–H groups in total. The molecule has 0 aliphatic heterocycles. The highest BCUT2D eigenvalue weighted by atomic mass is 35.5. The molecule has 0 aliphatic rings. The Kier molecular flexibility index (Phi) is 6.52. The molecule has 0 aliphatic carbocycles. The third kappa shape index (κ3) is 4.28. The maximum absolute atomic E-state index is 13.4. The van der Waals surface area contributed by atoms with Gasteiger partial charge in [0.05, 0.1) is 15.6 Å². The van der Waals surface area contributed by atoms with Crippen LogP contribution in [-0.2, 0) is 0 Å². The average molecular weight is 453 g/mol. The Morgan fingerprint density at radius 1 is 0.857 bits per heavy atom. The minimum atomic E-state index is -0.311. The molecule has 0 atom stereocenters. The molecule has 1 heterocycles. The summed E-state index contributed by atoms with van der Waals surface area (Å²) in [6.07, 6.45) is 0. The monoisotopic (exact) mass is 451 g/mol. The Morgan fingerprint density at radius 3 is 2.14 bits per heavy atom. The van der Waals surface area contributed by atoms with Crippen LogP contribution in [0.25, 0.3) is 16.3 Å². The fourth-order valence-corrected chi connectivity index (χ4v) is 4.32. The van der Waals surface area contributed by atoms with Gasteiger partial charge in [0.15, 0.2) is 0 Å². The predicted molar refractivity (Wildman–Crippen MR) is 109 cm³/mol. The van der Waals surface area contributed by atoms with E-state index >= 15 is 0 Å². The summed E-state index contributed by atoms with van der Waals surface area (Å²) < 4.78 is 15.1. The molecule has 4 aromatic rings. The van der Waals surface area contributed by atoms with E-state index in [1.807, 2.05) is 30.3 Å². The molecule has 0 saturated heterocycles. The summed E-state index contributed by atoms with van der Waals surface area (Å²) in [5, 5.41) is 10.4. The van der Waals surface area contributed by atoms with Crippen molar-refractivity contribution in [1.29, 1.82) is 0 Å². The lowest BCUT2D eigenvalue weighted by Crippen LogP contribution is -3.00. The molecule has 0 bridgehead atoms. The van der Waals surface area contributed by atoms with Crippen molar-refractivity contribution in [3.63, 3.8) is 0 Å². The summed E-state index contributed by atoms with van der Waals surface area (Å²) in [6.45, 7) is 0. The second-order valence-electron chi connectivity index (χ2n) is 5.69. The van der Waals surface area contributed by atoms with Gasteiger partial charge in [-0.15, -0.1) is 0 Å². The number of halogens is 4. The molecule has 0 saturated carbocycles. The molecule has 1 aromatic heterocycles. The number of nitrogens with zero attached hydrogens (tertiary/aromatic N) is 2. The second-order valence-corrected chi connectivity index (χ2v) is 7.48. The van der Waals surface area contributed by atoms with Crippen molar-refractivity contribution in [2.24, 2.45) is 0 Å². The van der Waals surface area contributed by atoms with Crippen LogP contribution in [0.1, 0.15) is 0 Å². The largest absolute Gasteiger partial charge is 1.00 e. The highest BCUT2D eigenvalue weighted by molar-refractivity contribution is 7.18. The van der Waals surface area contributed by atoms with Gasteiger partial charge < -0.3 is 17.7 Å². The van der Waals surface area contributed by atoms with Crippen molar-refractivity contribution in [1.82, 2.24) is 5.10 Å². The van der Waals surface area contributed by atoms with Gasteiger partial charge in [0, 0.05) is 22.9 Å². The van der Waals surface area contributed by atoms with Crippen LogP contribution in [0.5, 0.6) is 0 Å². The zero-order chi connectivity index (χ0) is 18.8. The molecule has 0 fully saturated rings. The van der Waals surface area contributed by atoms with Crippen molar-refractivity contribution >= 4 is 45.4 Å². The molecule has 0 unspecified atom stereocenters. The minimum absolute atomic E-state index is 0. The van der Waals surface area contributed by atoms with Crippen LogP contribution in [0.4, 0.5) is 15.2 Å². The summed E-state index contributed by atoms with van der Waals surface area (Å²) in [5.74, 6) is -0.311. The molecule has 8 heteroatoms. The van der Waals surface area contributed by atoms with E-state index in [1.54, 1.807) is 35.0 Å². The van der Waals surface area contributed by atoms with E-state index in [0.717, 1.165) is 10.7 Å². The molecule has 0 spiro atoms. The third-order valence-corrected chi connectivity index (χ3v) is 5.43. The third-order valence-electron chi connectivity index (χ3n) is 3.85. The van der Waals surface area contributed by atoms with Crippen LogP contribution in [0.3, 0.4) is 0 Å². The first kappa shape index (κ1) is 20.6. The number of nitrogens with one attached hydrogen (secondary N) is 1. The molecule has 3 nitrogen and oxygen atoms in total. The van der Waals surface area contributed by atoms with E-state index in [0.29, 0.717) is 26.4 Å². The number of hydrogen-bond donors (Lipinski definition) is 1. The fraction of sp³-hybridized carbons (Fsp3) is 0. The molecule has 4 rings (SSSR count). The summed E-state index contributed by atoms with van der Waals surface area (Å²) >= 11 is 14.3. The number of para-hydroxylation sites is 1. The Labute approximate surface area is 181 Å². The molecule has 142 valence electrons. The highest BCUT2D eigenvalue weighted by Crippen LogP contribution is 2.37. The van der Waals surface area contributed by atoms with Crippen LogP contribution in [-0.4, -0.2) is 5.10 Å². The zero-order valence-electron chi connectivity index (χ0n) is 14.2. The predicted octanol–water partition coefficient (Wildman–Crippen LogP) is 3.28. The first-order valence-corrected chi connectivity index (χ1v) is 9.64. The molecule has 0 radical (unpaired) electrons. The van der Waals surface area contributed by atoms with Crippen LogP contribution < -0.4 is 22.4 Å². The molecule has 0 amide bonds. The van der Waals surface area contributed by atoms with Gasteiger partial charge in [-0.3, -0.25) is 0 Å². The SMILES string of the molecule is Fc1ccc(-[n+]2nc(Nc3ccccc3)sc2-c2c(Cl)cccc2Cl)cc1.[Cl-]. The molecular weight excluding hydrogens is 440 g/mol. The van der Waals surface area contributed by atoms with Gasteiger partial charge in [0.1, 0.15) is 5.82 Å². The maximum Gasteiger partial charge on any atom is 0.307 e. The van der Waals surface area contributed by atoms with E-state index in [9.17, 15) is 4.39 Å². The lowest BCUT2D eigenvalue weighted by molar-refractivity contribution is -0.642. The highest BCUT2D eigenvalue weighted by Gasteiger charge is 2.28. The van der Waals surface area contributed by atoms with E-state index in [2.05, 4.69) is 10.4 Å². The van der Waals surface area contributed by atoms with Crippen molar-refractivity contribution in [3.05, 3.63) is 88.7 Å². The van der Waals surface area contributed by atoms with E-state index in [-0.39, 0.29) is 18.2 Å². The number of aromatic nitrogens is 2. The lowest BCUT2D eigenvalue weighted by atomic mass is 10.2. The molecular formula is C20H13Cl3FN3S. The van der Waals surface area contributed by atoms with Gasteiger partial charge in [-0.05, 0) is 52.4 Å². The Hall–Kier alpha value is -2.18. The number of rotatable bonds is 4. The maximum atomic E-state index is 13.4. The van der Waals surface area contributed by atoms with Gasteiger partial charge in [-0.1, -0.05) is 47.5 Å². The van der Waals surface area contributed by atoms with Crippen molar-refractivity contribution in [3.8, 4) is 16.3 Å². The number of benzene rings is 3. The van der Waals surface area contributed by atoms with Crippen molar-refractivity contribution < 1.29 is 21.5 Å². The van der Waals surface area contributed by atoms with E-state index in [1.165, 1.54) is 23.5 Å². The molecule has 3 aromatic carbocycles. The minimum Gasteiger partial charge on any atom is -1.00 e. The van der Waals surface area contributed by atoms with Crippen molar-refractivity contribution in [2.45, 2.75) is 0 Å². The normalized spacial score (nSPS) is 10.4. The van der Waals surface area contributed by atoms with Crippen LogP contribution in [0.2, 0.25) is 10.0 Å². The van der Waals surface area contributed by atoms with Gasteiger partial charge in [-0.2, -0.15) is 0 Å². The topological polar surface area (TPSA) is 28.8 Å². The Balaban J connectivity index is 0.00000225. The average Bonchev–Trinajstić information content (AvgIpc) is 3.06. The molecule has 28 heavy (non-hydrogen) atoms. The van der Waals surface area contributed by atoms with Gasteiger partial charge >= 0.3 is 5.01 Å². The Morgan fingerprint density at radius 2 is 1.50 bits per heavy atom. The summed E-state index contributed by atoms with van der Waals surface area (Å²) in [4.78, 5) is 0. The lowest BCUT2D eigenvalue weighted by Gasteiger charge is -2.01. The second kappa shape index (κ2) is 8.88. The van der Waals surface area contributed by atoms with Crippen LogP contribution >= 0.6 is 34.5 Å². The summed E-state index contributed by atoms with van der Waals surface area (Å²) in [5.41, 5.74) is 2.30. The van der Waals surface area contributed by atoms with Crippen LogP contribution in [0, 0.1) is 5.82 Å².